The highest BCUT2D eigenvalue weighted by Gasteiger charge is 2.28. The Bertz CT molecular complexity index is 191. The molecule has 13 heavy (non-hydrogen) atoms. The Kier molecular flexibility index (Phi) is 3.31. The first kappa shape index (κ1) is 10.5. The second-order valence-corrected chi connectivity index (χ2v) is 4.45. The molecule has 0 saturated carbocycles. The Morgan fingerprint density at radius 1 is 1.54 bits per heavy atom. The number of carbonyl (C=O) groups is 1. The van der Waals surface area contributed by atoms with Crippen LogP contribution in [0.1, 0.15) is 27.2 Å². The van der Waals surface area contributed by atoms with E-state index in [2.05, 4.69) is 6.92 Å². The van der Waals surface area contributed by atoms with Crippen LogP contribution < -0.4 is 5.73 Å². The van der Waals surface area contributed by atoms with E-state index < -0.39 is 0 Å². The second kappa shape index (κ2) is 4.09. The molecule has 76 valence electrons. The highest BCUT2D eigenvalue weighted by atomic mass is 16.2. The molecule has 1 rings (SSSR count). The maximum absolute atomic E-state index is 11.7. The van der Waals surface area contributed by atoms with Crippen LogP contribution in [0, 0.1) is 11.8 Å². The third-order valence-electron chi connectivity index (χ3n) is 2.74. The summed E-state index contributed by atoms with van der Waals surface area (Å²) >= 11 is 0. The van der Waals surface area contributed by atoms with Crippen LogP contribution in [0.5, 0.6) is 0 Å². The lowest BCUT2D eigenvalue weighted by molar-refractivity contribution is -0.132. The molecule has 0 aromatic carbocycles. The van der Waals surface area contributed by atoms with Crippen LogP contribution in [0.4, 0.5) is 0 Å². The summed E-state index contributed by atoms with van der Waals surface area (Å²) in [5.41, 5.74) is 5.79. The van der Waals surface area contributed by atoms with Gasteiger partial charge in [0.2, 0.25) is 5.91 Å². The van der Waals surface area contributed by atoms with Gasteiger partial charge in [-0.15, -0.1) is 0 Å². The molecule has 0 radical (unpaired) electrons. The van der Waals surface area contributed by atoms with Crippen molar-refractivity contribution in [1.29, 1.82) is 0 Å². The quantitative estimate of drug-likeness (QED) is 0.691. The van der Waals surface area contributed by atoms with Crippen LogP contribution in [0.2, 0.25) is 0 Å². The largest absolute Gasteiger partial charge is 0.341 e. The van der Waals surface area contributed by atoms with Gasteiger partial charge in [0.1, 0.15) is 0 Å². The summed E-state index contributed by atoms with van der Waals surface area (Å²) in [6, 6.07) is -0.315. The van der Waals surface area contributed by atoms with Gasteiger partial charge in [-0.2, -0.15) is 0 Å². The minimum absolute atomic E-state index is 0.124. The van der Waals surface area contributed by atoms with Gasteiger partial charge in [0.05, 0.1) is 6.04 Å². The smallest absolute Gasteiger partial charge is 0.239 e. The Labute approximate surface area is 80.3 Å². The van der Waals surface area contributed by atoms with Crippen molar-refractivity contribution in [2.24, 2.45) is 17.6 Å². The first-order valence-corrected chi connectivity index (χ1v) is 5.06. The van der Waals surface area contributed by atoms with E-state index in [0.717, 1.165) is 19.5 Å². The Balaban J connectivity index is 2.48. The fourth-order valence-corrected chi connectivity index (χ4v) is 1.63. The summed E-state index contributed by atoms with van der Waals surface area (Å²) in [6.45, 7) is 7.93. The van der Waals surface area contributed by atoms with Crippen LogP contribution >= 0.6 is 0 Å². The molecule has 1 unspecified atom stereocenters. The number of amides is 1. The fourth-order valence-electron chi connectivity index (χ4n) is 1.63. The topological polar surface area (TPSA) is 46.3 Å². The second-order valence-electron chi connectivity index (χ2n) is 4.45. The molecule has 1 saturated heterocycles. The van der Waals surface area contributed by atoms with Gasteiger partial charge in [-0.3, -0.25) is 4.79 Å². The molecule has 3 nitrogen and oxygen atoms in total. The zero-order chi connectivity index (χ0) is 10.0. The SMILES string of the molecule is CC1CCN(C(=O)[C@H](N)C(C)C)C1. The number of nitrogens with two attached hydrogens (primary N) is 1. The average molecular weight is 184 g/mol. The normalized spacial score (nSPS) is 25.3. The molecular formula is C10H20N2O. The number of nitrogens with zero attached hydrogens (tertiary/aromatic N) is 1. The molecule has 1 amide bonds. The minimum atomic E-state index is -0.315. The molecule has 1 aliphatic heterocycles. The van der Waals surface area contributed by atoms with Crippen molar-refractivity contribution in [3.8, 4) is 0 Å². The summed E-state index contributed by atoms with van der Waals surface area (Å²) < 4.78 is 0. The fraction of sp³-hybridized carbons (Fsp3) is 0.900. The highest BCUT2D eigenvalue weighted by Crippen LogP contribution is 2.16. The van der Waals surface area contributed by atoms with Crippen LogP contribution in [0.15, 0.2) is 0 Å². The van der Waals surface area contributed by atoms with Gasteiger partial charge in [-0.25, -0.2) is 0 Å². The van der Waals surface area contributed by atoms with Gasteiger partial charge < -0.3 is 10.6 Å². The molecule has 0 aromatic rings. The van der Waals surface area contributed by atoms with Crippen molar-refractivity contribution in [1.82, 2.24) is 4.90 Å². The summed E-state index contributed by atoms with van der Waals surface area (Å²) in [6.07, 6.45) is 1.12. The lowest BCUT2D eigenvalue weighted by Crippen LogP contribution is -2.45. The van der Waals surface area contributed by atoms with Crippen LogP contribution in [-0.2, 0) is 4.79 Å². The Hall–Kier alpha value is -0.570. The highest BCUT2D eigenvalue weighted by molar-refractivity contribution is 5.82. The predicted molar refractivity (Wildman–Crippen MR) is 53.2 cm³/mol. The summed E-state index contributed by atoms with van der Waals surface area (Å²) in [4.78, 5) is 13.6. The van der Waals surface area contributed by atoms with E-state index in [4.69, 9.17) is 5.73 Å². The number of rotatable bonds is 2. The van der Waals surface area contributed by atoms with Crippen molar-refractivity contribution in [2.45, 2.75) is 33.2 Å². The van der Waals surface area contributed by atoms with Crippen molar-refractivity contribution < 1.29 is 4.79 Å². The maximum atomic E-state index is 11.7. The summed E-state index contributed by atoms with van der Waals surface area (Å²) in [5.74, 6) is 1.01. The molecule has 2 N–H and O–H groups in total. The van der Waals surface area contributed by atoms with Crippen LogP contribution in [-0.4, -0.2) is 29.9 Å². The number of hydrogen-bond donors (Lipinski definition) is 1. The van der Waals surface area contributed by atoms with Gasteiger partial charge in [-0.05, 0) is 18.3 Å². The monoisotopic (exact) mass is 184 g/mol. The number of likely N-dealkylation sites (tertiary alicyclic amines) is 1. The van der Waals surface area contributed by atoms with Gasteiger partial charge >= 0.3 is 0 Å². The zero-order valence-electron chi connectivity index (χ0n) is 8.79. The standard InChI is InChI=1S/C10H20N2O/c1-7(2)9(11)10(13)12-5-4-8(3)6-12/h7-9H,4-6,11H2,1-3H3/t8?,9-/m1/s1. The number of carbonyl (C=O) groups excluding carboxylic acids is 1. The van der Waals surface area contributed by atoms with Crippen LogP contribution in [0.3, 0.4) is 0 Å². The molecular weight excluding hydrogens is 164 g/mol. The molecule has 2 atom stereocenters. The molecule has 3 heteroatoms. The molecule has 1 fully saturated rings. The molecule has 0 spiro atoms. The molecule has 0 aromatic heterocycles. The van der Waals surface area contributed by atoms with Gasteiger partial charge in [0, 0.05) is 13.1 Å². The van der Waals surface area contributed by atoms with Crippen LogP contribution in [0.25, 0.3) is 0 Å². The van der Waals surface area contributed by atoms with Gasteiger partial charge in [0.15, 0.2) is 0 Å². The van der Waals surface area contributed by atoms with E-state index in [9.17, 15) is 4.79 Å². The third kappa shape index (κ3) is 2.44. The van der Waals surface area contributed by atoms with E-state index in [1.165, 1.54) is 0 Å². The van der Waals surface area contributed by atoms with Crippen molar-refractivity contribution in [3.05, 3.63) is 0 Å². The Morgan fingerprint density at radius 3 is 2.54 bits per heavy atom. The van der Waals surface area contributed by atoms with E-state index >= 15 is 0 Å². The predicted octanol–water partition coefficient (Wildman–Crippen LogP) is 0.838. The van der Waals surface area contributed by atoms with E-state index in [1.807, 2.05) is 18.7 Å². The maximum Gasteiger partial charge on any atom is 0.239 e. The molecule has 0 aliphatic carbocycles. The zero-order valence-corrected chi connectivity index (χ0v) is 8.79. The third-order valence-corrected chi connectivity index (χ3v) is 2.74. The van der Waals surface area contributed by atoms with Crippen molar-refractivity contribution in [3.63, 3.8) is 0 Å². The first-order valence-electron chi connectivity index (χ1n) is 5.06. The van der Waals surface area contributed by atoms with Crippen molar-refractivity contribution in [2.75, 3.05) is 13.1 Å². The van der Waals surface area contributed by atoms with E-state index in [-0.39, 0.29) is 17.9 Å². The van der Waals surface area contributed by atoms with E-state index in [0.29, 0.717) is 5.92 Å². The number of hydrogen-bond acceptors (Lipinski definition) is 2. The summed E-state index contributed by atoms with van der Waals surface area (Å²) in [7, 11) is 0. The average Bonchev–Trinajstić information content (AvgIpc) is 2.49. The lowest BCUT2D eigenvalue weighted by atomic mass is 10.0. The summed E-state index contributed by atoms with van der Waals surface area (Å²) in [5, 5.41) is 0. The van der Waals surface area contributed by atoms with Gasteiger partial charge in [-0.1, -0.05) is 20.8 Å². The molecule has 0 bridgehead atoms. The van der Waals surface area contributed by atoms with Gasteiger partial charge in [0.25, 0.3) is 0 Å². The molecule has 1 heterocycles. The minimum Gasteiger partial charge on any atom is -0.341 e. The first-order chi connectivity index (χ1) is 6.02. The van der Waals surface area contributed by atoms with E-state index in [1.54, 1.807) is 0 Å². The lowest BCUT2D eigenvalue weighted by Gasteiger charge is -2.22. The van der Waals surface area contributed by atoms with Crippen molar-refractivity contribution >= 4 is 5.91 Å². The Morgan fingerprint density at radius 2 is 2.15 bits per heavy atom. The molecule has 1 aliphatic rings.